The van der Waals surface area contributed by atoms with Crippen LogP contribution in [0.4, 0.5) is 0 Å². The Hall–Kier alpha value is -1.75. The van der Waals surface area contributed by atoms with Crippen LogP contribution in [0.15, 0.2) is 24.3 Å². The Morgan fingerprint density at radius 1 is 1.13 bits per heavy atom. The molecule has 1 aromatic carbocycles. The summed E-state index contributed by atoms with van der Waals surface area (Å²) in [7, 11) is 1.62. The van der Waals surface area contributed by atoms with E-state index in [4.69, 9.17) is 9.47 Å². The van der Waals surface area contributed by atoms with E-state index < -0.39 is 6.10 Å². The van der Waals surface area contributed by atoms with Gasteiger partial charge in [0.05, 0.1) is 7.11 Å². The second-order valence-corrected chi connectivity index (χ2v) is 6.35. The van der Waals surface area contributed by atoms with Crippen molar-refractivity contribution in [2.45, 2.75) is 51.8 Å². The molecule has 0 saturated carbocycles. The molecular weight excluding hydrogens is 292 g/mol. The van der Waals surface area contributed by atoms with Crippen molar-refractivity contribution in [3.05, 3.63) is 24.3 Å². The Balaban J connectivity index is 1.78. The highest BCUT2D eigenvalue weighted by Crippen LogP contribution is 2.18. The number of nitrogens with one attached hydrogen (secondary N) is 1. The van der Waals surface area contributed by atoms with Crippen LogP contribution in [0.5, 0.6) is 11.5 Å². The van der Waals surface area contributed by atoms with Gasteiger partial charge >= 0.3 is 0 Å². The number of ether oxygens (including phenoxy) is 2. The number of amides is 1. The van der Waals surface area contributed by atoms with E-state index in [1.54, 1.807) is 14.0 Å². The van der Waals surface area contributed by atoms with Crippen LogP contribution in [0.2, 0.25) is 0 Å². The van der Waals surface area contributed by atoms with E-state index in [1.807, 2.05) is 24.3 Å². The molecule has 1 N–H and O–H groups in total. The summed E-state index contributed by atoms with van der Waals surface area (Å²) >= 11 is 0. The van der Waals surface area contributed by atoms with Crippen LogP contribution in [-0.4, -0.2) is 49.2 Å². The van der Waals surface area contributed by atoms with E-state index in [0.29, 0.717) is 11.8 Å². The van der Waals surface area contributed by atoms with Crippen molar-refractivity contribution in [1.82, 2.24) is 10.2 Å². The molecule has 0 bridgehead atoms. The maximum absolute atomic E-state index is 12.3. The van der Waals surface area contributed by atoms with Crippen LogP contribution in [0.1, 0.15) is 33.6 Å². The van der Waals surface area contributed by atoms with E-state index in [1.165, 1.54) is 0 Å². The normalized spacial score (nSPS) is 17.8. The quantitative estimate of drug-likeness (QED) is 0.875. The van der Waals surface area contributed by atoms with Crippen LogP contribution in [0, 0.1) is 0 Å². The number of methoxy groups -OCH3 is 1. The number of carbonyl (C=O) groups excluding carboxylic acids is 1. The molecule has 1 atom stereocenters. The monoisotopic (exact) mass is 320 g/mol. The van der Waals surface area contributed by atoms with Crippen molar-refractivity contribution in [1.29, 1.82) is 0 Å². The highest BCUT2D eigenvalue weighted by molar-refractivity contribution is 5.81. The van der Waals surface area contributed by atoms with Crippen LogP contribution in [0.25, 0.3) is 0 Å². The van der Waals surface area contributed by atoms with Gasteiger partial charge in [0.1, 0.15) is 11.5 Å². The van der Waals surface area contributed by atoms with Gasteiger partial charge in [-0.3, -0.25) is 4.79 Å². The maximum atomic E-state index is 12.3. The molecule has 1 heterocycles. The van der Waals surface area contributed by atoms with Gasteiger partial charge in [-0.2, -0.15) is 0 Å². The van der Waals surface area contributed by atoms with Crippen molar-refractivity contribution < 1.29 is 14.3 Å². The summed E-state index contributed by atoms with van der Waals surface area (Å²) in [4.78, 5) is 14.7. The number of benzene rings is 1. The summed E-state index contributed by atoms with van der Waals surface area (Å²) in [6.07, 6.45) is 1.49. The van der Waals surface area contributed by atoms with Gasteiger partial charge in [-0.05, 0) is 57.9 Å². The molecule has 1 unspecified atom stereocenters. The highest BCUT2D eigenvalue weighted by atomic mass is 16.5. The molecule has 1 fully saturated rings. The minimum absolute atomic E-state index is 0.0520. The van der Waals surface area contributed by atoms with Gasteiger partial charge in [-0.25, -0.2) is 0 Å². The highest BCUT2D eigenvalue weighted by Gasteiger charge is 2.24. The fourth-order valence-corrected chi connectivity index (χ4v) is 2.79. The van der Waals surface area contributed by atoms with Crippen molar-refractivity contribution in [2.24, 2.45) is 0 Å². The second kappa shape index (κ2) is 8.20. The van der Waals surface area contributed by atoms with Crippen molar-refractivity contribution in [2.75, 3.05) is 20.2 Å². The summed E-state index contributed by atoms with van der Waals surface area (Å²) in [6, 6.07) is 8.08. The first-order valence-electron chi connectivity index (χ1n) is 8.34. The number of likely N-dealkylation sites (tertiary alicyclic amines) is 1. The van der Waals surface area contributed by atoms with Crippen molar-refractivity contribution in [3.63, 3.8) is 0 Å². The Morgan fingerprint density at radius 3 is 2.22 bits per heavy atom. The third-order valence-corrected chi connectivity index (χ3v) is 4.35. The van der Waals surface area contributed by atoms with E-state index in [0.717, 1.165) is 31.7 Å². The van der Waals surface area contributed by atoms with Gasteiger partial charge in [0.25, 0.3) is 5.91 Å². The number of nitrogens with zero attached hydrogens (tertiary/aromatic N) is 1. The molecule has 23 heavy (non-hydrogen) atoms. The van der Waals surface area contributed by atoms with E-state index in [2.05, 4.69) is 24.1 Å². The first kappa shape index (κ1) is 17.6. The molecule has 2 rings (SSSR count). The zero-order chi connectivity index (χ0) is 16.8. The van der Waals surface area contributed by atoms with E-state index >= 15 is 0 Å². The van der Waals surface area contributed by atoms with Gasteiger partial charge in [0.15, 0.2) is 6.10 Å². The van der Waals surface area contributed by atoms with Crippen LogP contribution < -0.4 is 14.8 Å². The maximum Gasteiger partial charge on any atom is 0.260 e. The van der Waals surface area contributed by atoms with Crippen molar-refractivity contribution >= 4 is 5.91 Å². The molecule has 0 aliphatic carbocycles. The lowest BCUT2D eigenvalue weighted by atomic mass is 10.0. The fourth-order valence-electron chi connectivity index (χ4n) is 2.79. The fraction of sp³-hybridized carbons (Fsp3) is 0.611. The smallest absolute Gasteiger partial charge is 0.260 e. The lowest BCUT2D eigenvalue weighted by molar-refractivity contribution is -0.128. The first-order chi connectivity index (χ1) is 11.0. The molecule has 0 spiro atoms. The lowest BCUT2D eigenvalue weighted by Gasteiger charge is -2.35. The van der Waals surface area contributed by atoms with E-state index in [9.17, 15) is 4.79 Å². The minimum atomic E-state index is -0.508. The summed E-state index contributed by atoms with van der Waals surface area (Å²) in [5.74, 6) is 1.39. The summed E-state index contributed by atoms with van der Waals surface area (Å²) in [5, 5.41) is 3.11. The molecule has 1 aliphatic rings. The number of piperidine rings is 1. The van der Waals surface area contributed by atoms with Gasteiger partial charge in [0.2, 0.25) is 0 Å². The molecule has 128 valence electrons. The zero-order valence-corrected chi connectivity index (χ0v) is 14.5. The van der Waals surface area contributed by atoms with E-state index in [-0.39, 0.29) is 11.9 Å². The number of rotatable bonds is 6. The predicted octanol–water partition coefficient (Wildman–Crippen LogP) is 2.45. The molecular formula is C18H28N2O3. The average molecular weight is 320 g/mol. The van der Waals surface area contributed by atoms with Crippen LogP contribution in [-0.2, 0) is 4.79 Å². The number of carbonyl (C=O) groups is 1. The SMILES string of the molecule is COc1ccc(OC(C)C(=O)NC2CCN(C(C)C)CC2)cc1. The number of hydrogen-bond acceptors (Lipinski definition) is 4. The first-order valence-corrected chi connectivity index (χ1v) is 8.34. The zero-order valence-electron chi connectivity index (χ0n) is 14.5. The van der Waals surface area contributed by atoms with Gasteiger partial charge in [0, 0.05) is 25.2 Å². The summed E-state index contributed by atoms with van der Waals surface area (Å²) < 4.78 is 10.8. The largest absolute Gasteiger partial charge is 0.497 e. The molecule has 5 nitrogen and oxygen atoms in total. The molecule has 0 aromatic heterocycles. The minimum Gasteiger partial charge on any atom is -0.497 e. The third-order valence-electron chi connectivity index (χ3n) is 4.35. The average Bonchev–Trinajstić information content (AvgIpc) is 2.56. The molecule has 0 radical (unpaired) electrons. The standard InChI is InChI=1S/C18H28N2O3/c1-13(2)20-11-9-15(10-12-20)19-18(21)14(3)23-17-7-5-16(22-4)6-8-17/h5-8,13-15H,9-12H2,1-4H3,(H,19,21). The summed E-state index contributed by atoms with van der Waals surface area (Å²) in [6.45, 7) is 8.28. The van der Waals surface area contributed by atoms with Gasteiger partial charge in [-0.1, -0.05) is 0 Å². The third kappa shape index (κ3) is 5.13. The Labute approximate surface area is 139 Å². The lowest BCUT2D eigenvalue weighted by Crippen LogP contribution is -2.49. The summed E-state index contributed by atoms with van der Waals surface area (Å²) in [5.41, 5.74) is 0. The molecule has 1 saturated heterocycles. The Morgan fingerprint density at radius 2 is 1.70 bits per heavy atom. The molecule has 1 aliphatic heterocycles. The predicted molar refractivity (Wildman–Crippen MR) is 91.0 cm³/mol. The van der Waals surface area contributed by atoms with Gasteiger partial charge < -0.3 is 19.7 Å². The molecule has 5 heteroatoms. The van der Waals surface area contributed by atoms with Crippen LogP contribution in [0.3, 0.4) is 0 Å². The Bertz CT molecular complexity index is 493. The second-order valence-electron chi connectivity index (χ2n) is 6.35. The van der Waals surface area contributed by atoms with Crippen molar-refractivity contribution in [3.8, 4) is 11.5 Å². The van der Waals surface area contributed by atoms with Crippen LogP contribution >= 0.6 is 0 Å². The van der Waals surface area contributed by atoms with Gasteiger partial charge in [-0.15, -0.1) is 0 Å². The Kier molecular flexibility index (Phi) is 6.28. The topological polar surface area (TPSA) is 50.8 Å². The molecule has 1 amide bonds. The number of hydrogen-bond donors (Lipinski definition) is 1. The molecule has 1 aromatic rings.